The molecule has 2 rings (SSSR count). The number of hydrogen-bond acceptors (Lipinski definition) is 3. The van der Waals surface area contributed by atoms with Gasteiger partial charge in [0.1, 0.15) is 0 Å². The lowest BCUT2D eigenvalue weighted by Crippen LogP contribution is -2.42. The monoisotopic (exact) mass is 282 g/mol. The summed E-state index contributed by atoms with van der Waals surface area (Å²) in [5.41, 5.74) is 0. The molecule has 0 saturated carbocycles. The molecule has 2 fully saturated rings. The summed E-state index contributed by atoms with van der Waals surface area (Å²) in [6.45, 7) is 9.08. The van der Waals surface area contributed by atoms with Gasteiger partial charge >= 0.3 is 0 Å². The van der Waals surface area contributed by atoms with Crippen LogP contribution in [-0.4, -0.2) is 48.7 Å². The number of fused-ring (bicyclic) bond motifs is 2. The fourth-order valence-electron chi connectivity index (χ4n) is 3.60. The van der Waals surface area contributed by atoms with Crippen molar-refractivity contribution in [3.05, 3.63) is 0 Å². The molecule has 1 N–H and O–H groups in total. The second kappa shape index (κ2) is 7.41. The van der Waals surface area contributed by atoms with Gasteiger partial charge in [0.05, 0.1) is 19.1 Å². The fraction of sp³-hybridized carbons (Fsp3) is 0.938. The summed E-state index contributed by atoms with van der Waals surface area (Å²) in [7, 11) is 0. The number of ether oxygens (including phenoxy) is 1. The van der Waals surface area contributed by atoms with Gasteiger partial charge in [0.25, 0.3) is 0 Å². The number of nitrogens with one attached hydrogen (secondary N) is 1. The Morgan fingerprint density at radius 3 is 2.75 bits per heavy atom. The zero-order valence-electron chi connectivity index (χ0n) is 13.2. The highest BCUT2D eigenvalue weighted by Crippen LogP contribution is 2.28. The number of amides is 1. The summed E-state index contributed by atoms with van der Waals surface area (Å²) in [6, 6.07) is 0.888. The van der Waals surface area contributed by atoms with E-state index >= 15 is 0 Å². The van der Waals surface area contributed by atoms with Crippen LogP contribution < -0.4 is 5.32 Å². The van der Waals surface area contributed by atoms with Crippen molar-refractivity contribution < 1.29 is 9.53 Å². The van der Waals surface area contributed by atoms with E-state index in [1.165, 1.54) is 6.42 Å². The van der Waals surface area contributed by atoms with Crippen molar-refractivity contribution >= 4 is 5.91 Å². The maximum atomic E-state index is 12.4. The summed E-state index contributed by atoms with van der Waals surface area (Å²) >= 11 is 0. The van der Waals surface area contributed by atoms with Gasteiger partial charge in [0, 0.05) is 18.6 Å². The molecule has 2 aliphatic rings. The minimum absolute atomic E-state index is 0.255. The first-order valence-corrected chi connectivity index (χ1v) is 8.21. The maximum Gasteiger partial charge on any atom is 0.225 e. The van der Waals surface area contributed by atoms with Gasteiger partial charge in [0.2, 0.25) is 5.91 Å². The number of carbonyl (C=O) groups excluding carboxylic acids is 1. The molecule has 0 aromatic rings. The standard InChI is InChI=1S/C16H30N2O2/c1-12(2)10-13(3)20-9-7-16(19)18-14-4-5-15(18)11-17-8-6-14/h12-15,17H,4-11H2,1-3H3. The first-order chi connectivity index (χ1) is 9.58. The van der Waals surface area contributed by atoms with E-state index in [4.69, 9.17) is 4.74 Å². The number of hydrogen-bond donors (Lipinski definition) is 1. The van der Waals surface area contributed by atoms with Crippen molar-refractivity contribution in [1.29, 1.82) is 0 Å². The molecular formula is C16H30N2O2. The number of carbonyl (C=O) groups is 1. The Balaban J connectivity index is 1.74. The second-order valence-electron chi connectivity index (χ2n) is 6.74. The van der Waals surface area contributed by atoms with Crippen molar-refractivity contribution in [1.82, 2.24) is 10.2 Å². The minimum Gasteiger partial charge on any atom is -0.378 e. The zero-order chi connectivity index (χ0) is 14.5. The highest BCUT2D eigenvalue weighted by Gasteiger charge is 2.37. The van der Waals surface area contributed by atoms with E-state index in [9.17, 15) is 4.79 Å². The van der Waals surface area contributed by atoms with Crippen molar-refractivity contribution in [2.24, 2.45) is 5.92 Å². The van der Waals surface area contributed by atoms with Gasteiger partial charge in [-0.15, -0.1) is 0 Å². The molecule has 4 nitrogen and oxygen atoms in total. The third kappa shape index (κ3) is 4.19. The summed E-state index contributed by atoms with van der Waals surface area (Å²) < 4.78 is 5.77. The first kappa shape index (κ1) is 15.8. The lowest BCUT2D eigenvalue weighted by molar-refractivity contribution is -0.135. The number of rotatable bonds is 6. The molecule has 116 valence electrons. The van der Waals surface area contributed by atoms with Crippen LogP contribution in [0.2, 0.25) is 0 Å². The lowest BCUT2D eigenvalue weighted by Gasteiger charge is -2.28. The Morgan fingerprint density at radius 2 is 2.00 bits per heavy atom. The highest BCUT2D eigenvalue weighted by atomic mass is 16.5. The molecule has 20 heavy (non-hydrogen) atoms. The molecule has 2 aliphatic heterocycles. The smallest absolute Gasteiger partial charge is 0.225 e. The molecule has 0 spiro atoms. The van der Waals surface area contributed by atoms with E-state index < -0.39 is 0 Å². The van der Waals surface area contributed by atoms with Gasteiger partial charge in [-0.3, -0.25) is 4.79 Å². The molecule has 1 amide bonds. The fourth-order valence-corrected chi connectivity index (χ4v) is 3.60. The van der Waals surface area contributed by atoms with Crippen LogP contribution in [0.3, 0.4) is 0 Å². The average molecular weight is 282 g/mol. The van der Waals surface area contributed by atoms with Crippen LogP contribution in [0.15, 0.2) is 0 Å². The molecule has 4 heteroatoms. The summed E-state index contributed by atoms with van der Waals surface area (Å²) in [4.78, 5) is 14.6. The molecule has 2 bridgehead atoms. The van der Waals surface area contributed by atoms with Gasteiger partial charge in [0.15, 0.2) is 0 Å². The van der Waals surface area contributed by atoms with Crippen LogP contribution in [0.25, 0.3) is 0 Å². The molecule has 3 atom stereocenters. The van der Waals surface area contributed by atoms with Gasteiger partial charge in [-0.25, -0.2) is 0 Å². The van der Waals surface area contributed by atoms with Crippen LogP contribution in [0.5, 0.6) is 0 Å². The van der Waals surface area contributed by atoms with E-state index in [0.29, 0.717) is 31.0 Å². The van der Waals surface area contributed by atoms with Crippen molar-refractivity contribution in [2.75, 3.05) is 19.7 Å². The summed E-state index contributed by atoms with van der Waals surface area (Å²) in [5, 5.41) is 3.43. The van der Waals surface area contributed by atoms with Crippen LogP contribution in [-0.2, 0) is 9.53 Å². The van der Waals surface area contributed by atoms with E-state index in [1.54, 1.807) is 0 Å². The Hall–Kier alpha value is -0.610. The largest absolute Gasteiger partial charge is 0.378 e. The van der Waals surface area contributed by atoms with Crippen LogP contribution >= 0.6 is 0 Å². The first-order valence-electron chi connectivity index (χ1n) is 8.21. The Labute approximate surface area is 123 Å². The van der Waals surface area contributed by atoms with Crippen molar-refractivity contribution in [3.63, 3.8) is 0 Å². The molecule has 3 unspecified atom stereocenters. The van der Waals surface area contributed by atoms with E-state index in [-0.39, 0.29) is 12.0 Å². The van der Waals surface area contributed by atoms with E-state index in [0.717, 1.165) is 32.4 Å². The molecular weight excluding hydrogens is 252 g/mol. The maximum absolute atomic E-state index is 12.4. The molecule has 0 aromatic carbocycles. The number of nitrogens with zero attached hydrogens (tertiary/aromatic N) is 1. The van der Waals surface area contributed by atoms with Crippen molar-refractivity contribution in [3.8, 4) is 0 Å². The second-order valence-corrected chi connectivity index (χ2v) is 6.74. The molecule has 0 aromatic heterocycles. The zero-order valence-corrected chi connectivity index (χ0v) is 13.2. The topological polar surface area (TPSA) is 41.6 Å². The predicted octanol–water partition coefficient (Wildman–Crippen LogP) is 2.18. The Bertz CT molecular complexity index is 306. The lowest BCUT2D eigenvalue weighted by atomic mass is 10.1. The SMILES string of the molecule is CC(C)CC(C)OCCC(=O)N1C2CCNCC1CC2. The van der Waals surface area contributed by atoms with Crippen molar-refractivity contribution in [2.45, 2.75) is 71.1 Å². The molecule has 2 heterocycles. The summed E-state index contributed by atoms with van der Waals surface area (Å²) in [6.07, 6.45) is 5.30. The molecule has 2 saturated heterocycles. The van der Waals surface area contributed by atoms with E-state index in [1.807, 2.05) is 0 Å². The normalized spacial score (nSPS) is 27.7. The van der Waals surface area contributed by atoms with Gasteiger partial charge < -0.3 is 15.0 Å². The molecule has 0 aliphatic carbocycles. The predicted molar refractivity (Wildman–Crippen MR) is 80.6 cm³/mol. The third-order valence-electron chi connectivity index (χ3n) is 4.46. The van der Waals surface area contributed by atoms with Gasteiger partial charge in [-0.05, 0) is 45.1 Å². The van der Waals surface area contributed by atoms with Crippen LogP contribution in [0.4, 0.5) is 0 Å². The van der Waals surface area contributed by atoms with E-state index in [2.05, 4.69) is 31.0 Å². The third-order valence-corrected chi connectivity index (χ3v) is 4.46. The molecule has 0 radical (unpaired) electrons. The quantitative estimate of drug-likeness (QED) is 0.812. The average Bonchev–Trinajstić information content (AvgIpc) is 2.61. The highest BCUT2D eigenvalue weighted by molar-refractivity contribution is 5.77. The Morgan fingerprint density at radius 1 is 1.25 bits per heavy atom. The Kier molecular flexibility index (Phi) is 5.85. The van der Waals surface area contributed by atoms with Gasteiger partial charge in [-0.2, -0.15) is 0 Å². The van der Waals surface area contributed by atoms with Crippen LogP contribution in [0, 0.1) is 5.92 Å². The van der Waals surface area contributed by atoms with Crippen LogP contribution in [0.1, 0.15) is 52.9 Å². The minimum atomic E-state index is 0.255. The van der Waals surface area contributed by atoms with Gasteiger partial charge in [-0.1, -0.05) is 13.8 Å². The summed E-state index contributed by atoms with van der Waals surface area (Å²) in [5.74, 6) is 0.936.